The molecule has 150 valence electrons. The Balaban J connectivity index is 1.99. The van der Waals surface area contributed by atoms with Gasteiger partial charge in [-0.05, 0) is 37.8 Å². The summed E-state index contributed by atoms with van der Waals surface area (Å²) in [5, 5.41) is 10.6. The highest BCUT2D eigenvalue weighted by Gasteiger charge is 2.32. The average molecular weight is 396 g/mol. The van der Waals surface area contributed by atoms with Crippen molar-refractivity contribution >= 4 is 16.0 Å². The summed E-state index contributed by atoms with van der Waals surface area (Å²) in [6, 6.07) is 6.56. The molecule has 0 amide bonds. The zero-order valence-corrected chi connectivity index (χ0v) is 16.7. The molecule has 1 fully saturated rings. The van der Waals surface area contributed by atoms with Crippen LogP contribution in [0.4, 0.5) is 0 Å². The number of aryl methyl sites for hydroxylation is 1. The van der Waals surface area contributed by atoms with Gasteiger partial charge >= 0.3 is 5.97 Å². The van der Waals surface area contributed by atoms with E-state index in [9.17, 15) is 18.3 Å². The molecule has 0 aliphatic heterocycles. The summed E-state index contributed by atoms with van der Waals surface area (Å²) >= 11 is 0. The number of benzene rings is 1. The molecule has 1 saturated carbocycles. The van der Waals surface area contributed by atoms with E-state index in [0.29, 0.717) is 0 Å². The van der Waals surface area contributed by atoms with Gasteiger partial charge in [0.2, 0.25) is 10.0 Å². The Morgan fingerprint density at radius 1 is 1.26 bits per heavy atom. The molecule has 1 aromatic carbocycles. The van der Waals surface area contributed by atoms with Crippen LogP contribution in [0.5, 0.6) is 0 Å². The Hall–Kier alpha value is -1.70. The van der Waals surface area contributed by atoms with Crippen LogP contribution < -0.4 is 4.72 Å². The number of methoxy groups -OCH3 is 1. The summed E-state index contributed by atoms with van der Waals surface area (Å²) in [5.41, 5.74) is 0.978. The van der Waals surface area contributed by atoms with Crippen molar-refractivity contribution in [3.05, 3.63) is 42.0 Å². The van der Waals surface area contributed by atoms with E-state index in [-0.39, 0.29) is 17.4 Å². The summed E-state index contributed by atoms with van der Waals surface area (Å²) in [7, 11) is -2.33. The van der Waals surface area contributed by atoms with Gasteiger partial charge in [0.05, 0.1) is 18.1 Å². The van der Waals surface area contributed by atoms with Crippen LogP contribution in [0, 0.1) is 18.8 Å². The number of esters is 1. The number of hydrogen-bond donors (Lipinski definition) is 2. The van der Waals surface area contributed by atoms with Crippen LogP contribution in [-0.4, -0.2) is 39.3 Å². The Morgan fingerprint density at radius 2 is 1.89 bits per heavy atom. The van der Waals surface area contributed by atoms with Crippen LogP contribution in [-0.2, 0) is 19.6 Å². The Labute approximate surface area is 161 Å². The predicted molar refractivity (Wildman–Crippen MR) is 104 cm³/mol. The lowest BCUT2D eigenvalue weighted by Crippen LogP contribution is -2.35. The van der Waals surface area contributed by atoms with Crippen molar-refractivity contribution in [3.63, 3.8) is 0 Å². The van der Waals surface area contributed by atoms with E-state index in [1.54, 1.807) is 36.4 Å². The summed E-state index contributed by atoms with van der Waals surface area (Å²) in [6.45, 7) is 1.91. The van der Waals surface area contributed by atoms with Crippen LogP contribution in [0.25, 0.3) is 0 Å². The van der Waals surface area contributed by atoms with E-state index < -0.39 is 28.0 Å². The summed E-state index contributed by atoms with van der Waals surface area (Å²) < 4.78 is 31.8. The van der Waals surface area contributed by atoms with Crippen molar-refractivity contribution in [3.8, 4) is 0 Å². The molecular weight excluding hydrogens is 366 g/mol. The zero-order valence-electron chi connectivity index (χ0n) is 15.9. The van der Waals surface area contributed by atoms with Gasteiger partial charge in [-0.2, -0.15) is 0 Å². The fourth-order valence-corrected chi connectivity index (χ4v) is 4.39. The van der Waals surface area contributed by atoms with Crippen molar-refractivity contribution in [2.45, 2.75) is 50.0 Å². The molecule has 6 nitrogen and oxygen atoms in total. The minimum absolute atomic E-state index is 0.0289. The molecule has 1 aromatic rings. The molecule has 2 atom stereocenters. The van der Waals surface area contributed by atoms with E-state index in [2.05, 4.69) is 4.72 Å². The molecule has 7 heteroatoms. The molecule has 0 spiro atoms. The van der Waals surface area contributed by atoms with Gasteiger partial charge < -0.3 is 9.84 Å². The molecule has 27 heavy (non-hydrogen) atoms. The SMILES string of the molecule is COC(=O)C(/C=C/CNS(=O)(=O)c1ccc(C)cc1)C(O)C1CCCCC1. The molecule has 0 aromatic heterocycles. The van der Waals surface area contributed by atoms with Gasteiger partial charge in [0.15, 0.2) is 0 Å². The lowest BCUT2D eigenvalue weighted by atomic mass is 9.80. The number of nitrogens with one attached hydrogen (secondary N) is 1. The molecule has 0 heterocycles. The van der Waals surface area contributed by atoms with Gasteiger partial charge in [-0.25, -0.2) is 13.1 Å². The number of aliphatic hydroxyl groups is 1. The van der Waals surface area contributed by atoms with Crippen molar-refractivity contribution in [2.75, 3.05) is 13.7 Å². The zero-order chi connectivity index (χ0) is 19.9. The Morgan fingerprint density at radius 3 is 2.48 bits per heavy atom. The first-order valence-corrected chi connectivity index (χ1v) is 10.8. The molecular formula is C20H29NO5S. The highest BCUT2D eigenvalue weighted by atomic mass is 32.2. The lowest BCUT2D eigenvalue weighted by Gasteiger charge is -2.29. The number of aliphatic hydroxyl groups excluding tert-OH is 1. The first-order valence-electron chi connectivity index (χ1n) is 9.34. The highest BCUT2D eigenvalue weighted by molar-refractivity contribution is 7.89. The van der Waals surface area contributed by atoms with Gasteiger partial charge in [-0.3, -0.25) is 4.79 Å². The van der Waals surface area contributed by atoms with E-state index in [1.807, 2.05) is 6.92 Å². The fourth-order valence-electron chi connectivity index (χ4n) is 3.41. The number of sulfonamides is 1. The predicted octanol–water partition coefficient (Wildman–Crippen LogP) is 2.56. The molecule has 1 aliphatic rings. The minimum atomic E-state index is -3.62. The second kappa shape index (κ2) is 10.0. The third-order valence-electron chi connectivity index (χ3n) is 5.04. The molecule has 2 rings (SSSR count). The molecule has 1 aliphatic carbocycles. The second-order valence-electron chi connectivity index (χ2n) is 7.03. The highest BCUT2D eigenvalue weighted by Crippen LogP contribution is 2.30. The molecule has 0 saturated heterocycles. The maximum Gasteiger partial charge on any atom is 0.315 e. The van der Waals surface area contributed by atoms with Crippen LogP contribution in [0.1, 0.15) is 37.7 Å². The van der Waals surface area contributed by atoms with Crippen LogP contribution in [0.15, 0.2) is 41.3 Å². The van der Waals surface area contributed by atoms with Crippen molar-refractivity contribution in [1.82, 2.24) is 4.72 Å². The smallest absolute Gasteiger partial charge is 0.315 e. The van der Waals surface area contributed by atoms with Gasteiger partial charge in [-0.15, -0.1) is 0 Å². The monoisotopic (exact) mass is 395 g/mol. The molecule has 0 bridgehead atoms. The number of ether oxygens (including phenoxy) is 1. The largest absolute Gasteiger partial charge is 0.468 e. The minimum Gasteiger partial charge on any atom is -0.468 e. The standard InChI is InChI=1S/C20H29NO5S/c1-15-10-12-17(13-11-15)27(24,25)21-14-6-9-18(20(23)26-2)19(22)16-7-4-3-5-8-16/h6,9-13,16,18-19,21-22H,3-5,7-8,14H2,1-2H3/b9-6+. The summed E-state index contributed by atoms with van der Waals surface area (Å²) in [5.74, 6) is -1.23. The van der Waals surface area contributed by atoms with E-state index in [0.717, 1.165) is 37.7 Å². The van der Waals surface area contributed by atoms with Gasteiger partial charge in [0.1, 0.15) is 5.92 Å². The third kappa shape index (κ3) is 6.16. The van der Waals surface area contributed by atoms with Crippen LogP contribution in [0.2, 0.25) is 0 Å². The number of rotatable bonds is 8. The third-order valence-corrected chi connectivity index (χ3v) is 6.48. The Bertz CT molecular complexity index is 736. The first kappa shape index (κ1) is 21.6. The van der Waals surface area contributed by atoms with Gasteiger partial charge in [0.25, 0.3) is 0 Å². The molecule has 2 unspecified atom stereocenters. The normalized spacial score (nSPS) is 18.3. The number of carbonyl (C=O) groups is 1. The molecule has 0 radical (unpaired) electrons. The lowest BCUT2D eigenvalue weighted by molar-refractivity contribution is -0.148. The number of carbonyl (C=O) groups excluding carboxylic acids is 1. The molecule has 2 N–H and O–H groups in total. The van der Waals surface area contributed by atoms with Crippen molar-refractivity contribution in [1.29, 1.82) is 0 Å². The van der Waals surface area contributed by atoms with Crippen molar-refractivity contribution in [2.24, 2.45) is 11.8 Å². The van der Waals surface area contributed by atoms with Crippen molar-refractivity contribution < 1.29 is 23.1 Å². The first-order chi connectivity index (χ1) is 12.8. The number of hydrogen-bond acceptors (Lipinski definition) is 5. The van der Waals surface area contributed by atoms with E-state index in [4.69, 9.17) is 4.74 Å². The van der Waals surface area contributed by atoms with Gasteiger partial charge in [0, 0.05) is 6.54 Å². The van der Waals surface area contributed by atoms with Gasteiger partial charge in [-0.1, -0.05) is 49.1 Å². The van der Waals surface area contributed by atoms with Crippen LogP contribution >= 0.6 is 0 Å². The average Bonchev–Trinajstić information content (AvgIpc) is 2.68. The maximum absolute atomic E-state index is 12.3. The summed E-state index contributed by atoms with van der Waals surface area (Å²) in [4.78, 5) is 12.3. The quantitative estimate of drug-likeness (QED) is 0.521. The second-order valence-corrected chi connectivity index (χ2v) is 8.80. The van der Waals surface area contributed by atoms with E-state index in [1.165, 1.54) is 7.11 Å². The van der Waals surface area contributed by atoms with Crippen LogP contribution in [0.3, 0.4) is 0 Å². The fraction of sp³-hybridized carbons (Fsp3) is 0.550. The maximum atomic E-state index is 12.3. The van der Waals surface area contributed by atoms with E-state index >= 15 is 0 Å². The topological polar surface area (TPSA) is 92.7 Å². The summed E-state index contributed by atoms with van der Waals surface area (Å²) in [6.07, 6.45) is 7.32. The Kier molecular flexibility index (Phi) is 8.01.